The molecule has 92 valence electrons. The van der Waals surface area contributed by atoms with Crippen molar-refractivity contribution >= 4 is 11.5 Å². The number of carbonyl (C=O) groups excluding carboxylic acids is 1. The molecule has 0 saturated heterocycles. The molecule has 0 aliphatic carbocycles. The minimum absolute atomic E-state index is 0.0635. The summed E-state index contributed by atoms with van der Waals surface area (Å²) in [5.74, 6) is -0.0825. The molecular weight excluding hydrogens is 222 g/mol. The first-order chi connectivity index (χ1) is 8.01. The lowest BCUT2D eigenvalue weighted by Gasteiger charge is -2.12. The molecule has 0 spiro atoms. The summed E-state index contributed by atoms with van der Waals surface area (Å²) in [7, 11) is 1.45. The lowest BCUT2D eigenvalue weighted by molar-refractivity contribution is -0.385. The fourth-order valence-corrected chi connectivity index (χ4v) is 1.83. The van der Waals surface area contributed by atoms with Crippen LogP contribution in [-0.4, -0.2) is 17.8 Å². The SMILES string of the molecule is CCC(C(C)=O)c1ccc(OC)cc1[N+](=O)[O-]. The molecule has 0 radical (unpaired) electrons. The fourth-order valence-electron chi connectivity index (χ4n) is 1.83. The highest BCUT2D eigenvalue weighted by Gasteiger charge is 2.24. The number of nitro benzene ring substituents is 1. The van der Waals surface area contributed by atoms with Crippen molar-refractivity contribution in [3.8, 4) is 5.75 Å². The first-order valence-electron chi connectivity index (χ1n) is 5.34. The smallest absolute Gasteiger partial charge is 0.277 e. The second kappa shape index (κ2) is 5.43. The summed E-state index contributed by atoms with van der Waals surface area (Å²) in [6.45, 7) is 3.28. The van der Waals surface area contributed by atoms with E-state index in [-0.39, 0.29) is 11.5 Å². The van der Waals surface area contributed by atoms with Gasteiger partial charge in [-0.15, -0.1) is 0 Å². The van der Waals surface area contributed by atoms with Crippen LogP contribution in [0.4, 0.5) is 5.69 Å². The zero-order valence-electron chi connectivity index (χ0n) is 10.1. The second-order valence-electron chi connectivity index (χ2n) is 3.75. The highest BCUT2D eigenvalue weighted by atomic mass is 16.6. The number of nitro groups is 1. The van der Waals surface area contributed by atoms with Crippen LogP contribution >= 0.6 is 0 Å². The summed E-state index contributed by atoms with van der Waals surface area (Å²) in [5, 5.41) is 11.0. The summed E-state index contributed by atoms with van der Waals surface area (Å²) < 4.78 is 4.94. The number of methoxy groups -OCH3 is 1. The summed E-state index contributed by atoms with van der Waals surface area (Å²) >= 11 is 0. The molecule has 1 aromatic rings. The molecule has 1 atom stereocenters. The molecule has 0 heterocycles. The van der Waals surface area contributed by atoms with Gasteiger partial charge >= 0.3 is 0 Å². The van der Waals surface area contributed by atoms with E-state index in [0.29, 0.717) is 17.7 Å². The van der Waals surface area contributed by atoms with Crippen molar-refractivity contribution in [1.82, 2.24) is 0 Å². The summed E-state index contributed by atoms with van der Waals surface area (Å²) in [5.41, 5.74) is 0.386. The number of hydrogen-bond donors (Lipinski definition) is 0. The molecule has 0 saturated carbocycles. The Morgan fingerprint density at radius 2 is 2.18 bits per heavy atom. The van der Waals surface area contributed by atoms with Gasteiger partial charge in [0.05, 0.1) is 18.1 Å². The highest BCUT2D eigenvalue weighted by molar-refractivity contribution is 5.84. The molecule has 0 N–H and O–H groups in total. The molecular formula is C12H15NO4. The van der Waals surface area contributed by atoms with E-state index in [4.69, 9.17) is 4.74 Å². The van der Waals surface area contributed by atoms with E-state index in [1.807, 2.05) is 6.92 Å². The maximum atomic E-state index is 11.5. The van der Waals surface area contributed by atoms with Crippen molar-refractivity contribution in [1.29, 1.82) is 0 Å². The van der Waals surface area contributed by atoms with Gasteiger partial charge in [0.2, 0.25) is 0 Å². The summed E-state index contributed by atoms with van der Waals surface area (Å²) in [6.07, 6.45) is 0.544. The molecule has 1 aromatic carbocycles. The van der Waals surface area contributed by atoms with Crippen molar-refractivity contribution in [3.63, 3.8) is 0 Å². The van der Waals surface area contributed by atoms with Gasteiger partial charge in [0.25, 0.3) is 5.69 Å². The van der Waals surface area contributed by atoms with E-state index in [1.54, 1.807) is 12.1 Å². The van der Waals surface area contributed by atoms with Gasteiger partial charge in [-0.3, -0.25) is 14.9 Å². The van der Waals surface area contributed by atoms with Crippen molar-refractivity contribution < 1.29 is 14.5 Å². The van der Waals surface area contributed by atoms with Gasteiger partial charge in [-0.05, 0) is 25.5 Å². The first kappa shape index (κ1) is 13.2. The Kier molecular flexibility index (Phi) is 4.20. The Morgan fingerprint density at radius 1 is 1.53 bits per heavy atom. The molecule has 5 heteroatoms. The average molecular weight is 237 g/mol. The van der Waals surface area contributed by atoms with Crippen LogP contribution in [0.5, 0.6) is 5.75 Å². The van der Waals surface area contributed by atoms with E-state index in [2.05, 4.69) is 0 Å². The van der Waals surface area contributed by atoms with Gasteiger partial charge < -0.3 is 4.74 Å². The summed E-state index contributed by atoms with van der Waals surface area (Å²) in [4.78, 5) is 21.9. The van der Waals surface area contributed by atoms with Gasteiger partial charge in [0.1, 0.15) is 11.5 Å². The molecule has 0 bridgehead atoms. The number of ketones is 1. The fraction of sp³-hybridized carbons (Fsp3) is 0.417. The molecule has 0 aliphatic rings. The zero-order valence-corrected chi connectivity index (χ0v) is 10.1. The lowest BCUT2D eigenvalue weighted by atomic mass is 9.91. The van der Waals surface area contributed by atoms with Gasteiger partial charge in [0, 0.05) is 11.5 Å². The number of carbonyl (C=O) groups is 1. The normalized spacial score (nSPS) is 11.9. The Labute approximate surface area is 99.5 Å². The van der Waals surface area contributed by atoms with Crippen molar-refractivity contribution in [2.45, 2.75) is 26.2 Å². The van der Waals surface area contributed by atoms with Gasteiger partial charge in [-0.1, -0.05) is 6.92 Å². The Bertz CT molecular complexity index is 442. The Morgan fingerprint density at radius 3 is 2.59 bits per heavy atom. The van der Waals surface area contributed by atoms with Gasteiger partial charge in [-0.2, -0.15) is 0 Å². The van der Waals surface area contributed by atoms with E-state index < -0.39 is 10.8 Å². The van der Waals surface area contributed by atoms with Crippen LogP contribution in [0.3, 0.4) is 0 Å². The van der Waals surface area contributed by atoms with Crippen LogP contribution in [0.2, 0.25) is 0 Å². The molecule has 17 heavy (non-hydrogen) atoms. The Balaban J connectivity index is 3.31. The minimum Gasteiger partial charge on any atom is -0.497 e. The van der Waals surface area contributed by atoms with E-state index in [1.165, 1.54) is 20.1 Å². The van der Waals surface area contributed by atoms with E-state index in [9.17, 15) is 14.9 Å². The first-order valence-corrected chi connectivity index (χ1v) is 5.34. The van der Waals surface area contributed by atoms with Gasteiger partial charge in [0.15, 0.2) is 0 Å². The second-order valence-corrected chi connectivity index (χ2v) is 3.75. The third kappa shape index (κ3) is 2.81. The zero-order chi connectivity index (χ0) is 13.0. The molecule has 0 amide bonds. The standard InChI is InChI=1S/C12H15NO4/c1-4-10(8(2)14)11-6-5-9(17-3)7-12(11)13(15)16/h5-7,10H,4H2,1-3H3. The van der Waals surface area contributed by atoms with Crippen LogP contribution in [0.25, 0.3) is 0 Å². The van der Waals surface area contributed by atoms with E-state index in [0.717, 1.165) is 0 Å². The number of benzene rings is 1. The molecule has 0 fully saturated rings. The van der Waals surface area contributed by atoms with Crippen LogP contribution in [0.1, 0.15) is 31.7 Å². The molecule has 0 aromatic heterocycles. The van der Waals surface area contributed by atoms with Crippen LogP contribution in [0, 0.1) is 10.1 Å². The number of nitrogens with zero attached hydrogens (tertiary/aromatic N) is 1. The third-order valence-corrected chi connectivity index (χ3v) is 2.71. The number of Topliss-reactive ketones (excluding diaryl/α,β-unsaturated/α-hetero) is 1. The molecule has 1 rings (SSSR count). The largest absolute Gasteiger partial charge is 0.497 e. The topological polar surface area (TPSA) is 69.4 Å². The van der Waals surface area contributed by atoms with Crippen molar-refractivity contribution in [2.75, 3.05) is 7.11 Å². The average Bonchev–Trinajstić information content (AvgIpc) is 2.29. The van der Waals surface area contributed by atoms with Gasteiger partial charge in [-0.25, -0.2) is 0 Å². The van der Waals surface area contributed by atoms with Crippen LogP contribution < -0.4 is 4.74 Å². The lowest BCUT2D eigenvalue weighted by Crippen LogP contribution is -2.10. The minimum atomic E-state index is -0.483. The molecule has 5 nitrogen and oxygen atoms in total. The maximum Gasteiger partial charge on any atom is 0.277 e. The van der Waals surface area contributed by atoms with Crippen LogP contribution in [-0.2, 0) is 4.79 Å². The monoisotopic (exact) mass is 237 g/mol. The maximum absolute atomic E-state index is 11.5. The quantitative estimate of drug-likeness (QED) is 0.583. The number of rotatable bonds is 5. The molecule has 1 unspecified atom stereocenters. The molecule has 0 aliphatic heterocycles. The van der Waals surface area contributed by atoms with E-state index >= 15 is 0 Å². The van der Waals surface area contributed by atoms with Crippen molar-refractivity contribution in [3.05, 3.63) is 33.9 Å². The predicted molar refractivity (Wildman–Crippen MR) is 63.4 cm³/mol. The Hall–Kier alpha value is -1.91. The summed E-state index contributed by atoms with van der Waals surface area (Å²) in [6, 6.07) is 4.57. The third-order valence-electron chi connectivity index (χ3n) is 2.71. The van der Waals surface area contributed by atoms with Crippen molar-refractivity contribution in [2.24, 2.45) is 0 Å². The highest BCUT2D eigenvalue weighted by Crippen LogP contribution is 2.32. The van der Waals surface area contributed by atoms with Crippen LogP contribution in [0.15, 0.2) is 18.2 Å². The predicted octanol–water partition coefficient (Wildman–Crippen LogP) is 2.69. The number of ether oxygens (including phenoxy) is 1. The number of hydrogen-bond acceptors (Lipinski definition) is 4.